The van der Waals surface area contributed by atoms with Gasteiger partial charge < -0.3 is 5.32 Å². The number of terminal acetylenes is 1. The molecule has 0 radical (unpaired) electrons. The van der Waals surface area contributed by atoms with E-state index in [2.05, 4.69) is 16.2 Å². The third-order valence-electron chi connectivity index (χ3n) is 1.88. The molecule has 0 saturated carbocycles. The Hall–Kier alpha value is -1.34. The molecule has 0 fully saturated rings. The number of carbonyl (C=O) groups is 1. The number of aryl methyl sites for hydroxylation is 1. The number of thiazole rings is 1. The van der Waals surface area contributed by atoms with Gasteiger partial charge in [-0.15, -0.1) is 23.7 Å². The number of rotatable bonds is 5. The van der Waals surface area contributed by atoms with Gasteiger partial charge in [-0.05, 0) is 19.8 Å². The summed E-state index contributed by atoms with van der Waals surface area (Å²) in [5.74, 6) is 2.53. The zero-order valence-electron chi connectivity index (χ0n) is 8.75. The molecule has 0 aliphatic rings. The molecule has 0 saturated heterocycles. The fourth-order valence-electron chi connectivity index (χ4n) is 1.11. The Balaban J connectivity index is 2.23. The second-order valence-electron chi connectivity index (χ2n) is 3.16. The Bertz CT molecular complexity index is 365. The Morgan fingerprint density at radius 3 is 3.07 bits per heavy atom. The second-order valence-corrected chi connectivity index (χ2v) is 4.40. The Kier molecular flexibility index (Phi) is 4.85. The first kappa shape index (κ1) is 11.7. The summed E-state index contributed by atoms with van der Waals surface area (Å²) >= 11 is 1.41. The highest BCUT2D eigenvalue weighted by molar-refractivity contribution is 7.13. The third kappa shape index (κ3) is 4.13. The topological polar surface area (TPSA) is 42.0 Å². The fourth-order valence-corrected chi connectivity index (χ4v) is 1.80. The van der Waals surface area contributed by atoms with Crippen molar-refractivity contribution in [3.63, 3.8) is 0 Å². The summed E-state index contributed by atoms with van der Waals surface area (Å²) in [5, 5.41) is 3.74. The van der Waals surface area contributed by atoms with E-state index in [9.17, 15) is 4.79 Å². The fraction of sp³-hybridized carbons (Fsp3) is 0.455. The molecular formula is C11H14N2OS. The quantitative estimate of drug-likeness (QED) is 0.611. The molecule has 80 valence electrons. The van der Waals surface area contributed by atoms with Crippen molar-refractivity contribution in [2.24, 2.45) is 0 Å². The lowest BCUT2D eigenvalue weighted by molar-refractivity contribution is 0.0957. The van der Waals surface area contributed by atoms with E-state index < -0.39 is 0 Å². The molecule has 0 aliphatic carbocycles. The summed E-state index contributed by atoms with van der Waals surface area (Å²) < 4.78 is 0. The molecule has 1 N–H and O–H groups in total. The molecule has 0 bridgehead atoms. The summed E-state index contributed by atoms with van der Waals surface area (Å²) in [7, 11) is 0. The lowest BCUT2D eigenvalue weighted by Crippen LogP contribution is -2.23. The molecule has 1 rings (SSSR count). The maximum Gasteiger partial charge on any atom is 0.263 e. The van der Waals surface area contributed by atoms with E-state index in [4.69, 9.17) is 6.42 Å². The van der Waals surface area contributed by atoms with Gasteiger partial charge in [0.1, 0.15) is 4.88 Å². The number of hydrogen-bond donors (Lipinski definition) is 1. The normalized spacial score (nSPS) is 9.60. The van der Waals surface area contributed by atoms with Gasteiger partial charge in [0.05, 0.1) is 11.2 Å². The molecule has 1 aromatic rings. The molecule has 0 atom stereocenters. The highest BCUT2D eigenvalue weighted by Crippen LogP contribution is 2.10. The predicted octanol–water partition coefficient (Wildman–Crippen LogP) is 1.98. The van der Waals surface area contributed by atoms with Crippen LogP contribution in [0.4, 0.5) is 0 Å². The van der Waals surface area contributed by atoms with Crippen LogP contribution in [0.1, 0.15) is 33.9 Å². The van der Waals surface area contributed by atoms with Crippen LogP contribution in [0.15, 0.2) is 6.20 Å². The number of amides is 1. The summed E-state index contributed by atoms with van der Waals surface area (Å²) in [5.41, 5.74) is 0. The molecule has 4 heteroatoms. The SMILES string of the molecule is C#CCCCCNC(=O)c1cnc(C)s1. The summed E-state index contributed by atoms with van der Waals surface area (Å²) in [6.45, 7) is 2.56. The zero-order chi connectivity index (χ0) is 11.1. The van der Waals surface area contributed by atoms with E-state index in [1.165, 1.54) is 11.3 Å². The molecule has 0 spiro atoms. The van der Waals surface area contributed by atoms with E-state index in [0.29, 0.717) is 11.4 Å². The van der Waals surface area contributed by atoms with Gasteiger partial charge in [-0.2, -0.15) is 0 Å². The number of nitrogens with one attached hydrogen (secondary N) is 1. The van der Waals surface area contributed by atoms with Crippen LogP contribution in [0.25, 0.3) is 0 Å². The minimum atomic E-state index is -0.0405. The van der Waals surface area contributed by atoms with E-state index in [0.717, 1.165) is 24.3 Å². The monoisotopic (exact) mass is 222 g/mol. The lowest BCUT2D eigenvalue weighted by atomic mass is 10.2. The van der Waals surface area contributed by atoms with E-state index in [-0.39, 0.29) is 5.91 Å². The number of hydrogen-bond acceptors (Lipinski definition) is 3. The van der Waals surface area contributed by atoms with Crippen molar-refractivity contribution in [2.45, 2.75) is 26.2 Å². The number of nitrogens with zero attached hydrogens (tertiary/aromatic N) is 1. The third-order valence-corrected chi connectivity index (χ3v) is 2.79. The smallest absolute Gasteiger partial charge is 0.263 e. The van der Waals surface area contributed by atoms with E-state index >= 15 is 0 Å². The molecule has 0 aliphatic heterocycles. The van der Waals surface area contributed by atoms with Gasteiger partial charge in [-0.1, -0.05) is 0 Å². The Morgan fingerprint density at radius 2 is 2.47 bits per heavy atom. The highest BCUT2D eigenvalue weighted by atomic mass is 32.1. The first-order valence-electron chi connectivity index (χ1n) is 4.88. The van der Waals surface area contributed by atoms with Crippen LogP contribution < -0.4 is 5.32 Å². The lowest BCUT2D eigenvalue weighted by Gasteiger charge is -2.01. The number of aromatic nitrogens is 1. The van der Waals surface area contributed by atoms with Crippen LogP contribution in [0.2, 0.25) is 0 Å². The van der Waals surface area contributed by atoms with Gasteiger partial charge in [0, 0.05) is 13.0 Å². The minimum Gasteiger partial charge on any atom is -0.351 e. The second kappa shape index (κ2) is 6.20. The van der Waals surface area contributed by atoms with Crippen molar-refractivity contribution in [3.05, 3.63) is 16.1 Å². The van der Waals surface area contributed by atoms with Crippen molar-refractivity contribution in [1.82, 2.24) is 10.3 Å². The molecule has 15 heavy (non-hydrogen) atoms. The molecule has 3 nitrogen and oxygen atoms in total. The highest BCUT2D eigenvalue weighted by Gasteiger charge is 2.07. The Labute approximate surface area is 93.9 Å². The van der Waals surface area contributed by atoms with Gasteiger partial charge in [0.15, 0.2) is 0 Å². The maximum absolute atomic E-state index is 11.5. The first-order chi connectivity index (χ1) is 7.24. The molecule has 0 aromatic carbocycles. The van der Waals surface area contributed by atoms with Crippen LogP contribution in [0.3, 0.4) is 0 Å². The molecule has 1 amide bonds. The van der Waals surface area contributed by atoms with Gasteiger partial charge in [0.2, 0.25) is 0 Å². The van der Waals surface area contributed by atoms with Crippen LogP contribution >= 0.6 is 11.3 Å². The average molecular weight is 222 g/mol. The molecule has 1 aromatic heterocycles. The van der Waals surface area contributed by atoms with Crippen molar-refractivity contribution in [3.8, 4) is 12.3 Å². The largest absolute Gasteiger partial charge is 0.351 e. The zero-order valence-corrected chi connectivity index (χ0v) is 9.56. The van der Waals surface area contributed by atoms with Crippen molar-refractivity contribution in [1.29, 1.82) is 0 Å². The standard InChI is InChI=1S/C11H14N2OS/c1-3-4-5-6-7-12-11(14)10-8-13-9(2)15-10/h1,8H,4-7H2,2H3,(H,12,14). The van der Waals surface area contributed by atoms with Crippen LogP contribution in [-0.4, -0.2) is 17.4 Å². The van der Waals surface area contributed by atoms with Crippen molar-refractivity contribution >= 4 is 17.2 Å². The van der Waals surface area contributed by atoms with Crippen molar-refractivity contribution < 1.29 is 4.79 Å². The van der Waals surface area contributed by atoms with Gasteiger partial charge in [0.25, 0.3) is 5.91 Å². The maximum atomic E-state index is 11.5. The van der Waals surface area contributed by atoms with Gasteiger partial charge >= 0.3 is 0 Å². The summed E-state index contributed by atoms with van der Waals surface area (Å²) in [4.78, 5) is 16.2. The number of carbonyl (C=O) groups excluding carboxylic acids is 1. The van der Waals surface area contributed by atoms with E-state index in [1.54, 1.807) is 6.20 Å². The van der Waals surface area contributed by atoms with Crippen LogP contribution in [0.5, 0.6) is 0 Å². The van der Waals surface area contributed by atoms with Crippen molar-refractivity contribution in [2.75, 3.05) is 6.54 Å². The predicted molar refractivity (Wildman–Crippen MR) is 61.9 cm³/mol. The summed E-state index contributed by atoms with van der Waals surface area (Å²) in [6, 6.07) is 0. The Morgan fingerprint density at radius 1 is 1.67 bits per heavy atom. The van der Waals surface area contributed by atoms with Crippen LogP contribution in [-0.2, 0) is 0 Å². The number of unbranched alkanes of at least 4 members (excludes halogenated alkanes) is 2. The molecular weight excluding hydrogens is 208 g/mol. The van der Waals surface area contributed by atoms with Gasteiger partial charge in [-0.25, -0.2) is 4.98 Å². The first-order valence-corrected chi connectivity index (χ1v) is 5.70. The molecule has 1 heterocycles. The molecule has 0 unspecified atom stereocenters. The summed E-state index contributed by atoms with van der Waals surface area (Å²) in [6.07, 6.45) is 9.38. The van der Waals surface area contributed by atoms with Crippen LogP contribution in [0, 0.1) is 19.3 Å². The average Bonchev–Trinajstić information content (AvgIpc) is 2.64. The van der Waals surface area contributed by atoms with E-state index in [1.807, 2.05) is 6.92 Å². The minimum absolute atomic E-state index is 0.0405. The van der Waals surface area contributed by atoms with Gasteiger partial charge in [-0.3, -0.25) is 4.79 Å².